The molecule has 1 aliphatic heterocycles. The highest BCUT2D eigenvalue weighted by Gasteiger charge is 2.30. The van der Waals surface area contributed by atoms with E-state index < -0.39 is 11.0 Å². The Bertz CT molecular complexity index is 1250. The van der Waals surface area contributed by atoms with Gasteiger partial charge in [0.25, 0.3) is 0 Å². The lowest BCUT2D eigenvalue weighted by Gasteiger charge is -2.25. The summed E-state index contributed by atoms with van der Waals surface area (Å²) >= 11 is 24.9. The van der Waals surface area contributed by atoms with E-state index in [0.29, 0.717) is 38.0 Å². The van der Waals surface area contributed by atoms with Gasteiger partial charge in [-0.3, -0.25) is 5.01 Å². The maximum Gasteiger partial charge on any atom is 0.125 e. The number of hydrogen-bond acceptors (Lipinski definition) is 3. The molecule has 1 heterocycles. The predicted octanol–water partition coefficient (Wildman–Crippen LogP) is 7.54. The molecule has 2 unspecified atom stereocenters. The van der Waals surface area contributed by atoms with E-state index >= 15 is 0 Å². The Balaban J connectivity index is 1.58. The molecule has 2 atom stereocenters. The van der Waals surface area contributed by atoms with Crippen LogP contribution in [0.1, 0.15) is 29.2 Å². The van der Waals surface area contributed by atoms with Gasteiger partial charge in [0.2, 0.25) is 0 Å². The SMILES string of the molecule is Cc1cc(S(=O)NCC2=NN(c3ccc(Cl)cc3Cl)C(c3ccc(Cl)cc3)C2)c(C)cc1Cl. The molecule has 4 rings (SSSR count). The van der Waals surface area contributed by atoms with E-state index in [1.807, 2.05) is 61.3 Å². The third kappa shape index (κ3) is 5.56. The molecule has 1 aliphatic rings. The molecule has 0 fully saturated rings. The summed E-state index contributed by atoms with van der Waals surface area (Å²) in [5, 5.41) is 9.10. The van der Waals surface area contributed by atoms with Crippen LogP contribution in [0.5, 0.6) is 0 Å². The zero-order valence-electron chi connectivity index (χ0n) is 17.9. The fraction of sp³-hybridized carbons (Fsp3) is 0.208. The summed E-state index contributed by atoms with van der Waals surface area (Å²) in [7, 11) is -1.40. The van der Waals surface area contributed by atoms with Crippen molar-refractivity contribution in [1.29, 1.82) is 0 Å². The van der Waals surface area contributed by atoms with Crippen LogP contribution in [0.2, 0.25) is 20.1 Å². The molecule has 1 N–H and O–H groups in total. The van der Waals surface area contributed by atoms with Crippen LogP contribution in [0, 0.1) is 13.8 Å². The van der Waals surface area contributed by atoms with Crippen LogP contribution in [0.25, 0.3) is 0 Å². The highest BCUT2D eigenvalue weighted by Crippen LogP contribution is 2.39. The molecule has 0 saturated carbocycles. The van der Waals surface area contributed by atoms with Gasteiger partial charge in [-0.25, -0.2) is 8.93 Å². The van der Waals surface area contributed by atoms with Crippen molar-refractivity contribution < 1.29 is 4.21 Å². The number of benzene rings is 3. The molecule has 0 aliphatic carbocycles. The standard InChI is InChI=1S/C24H21Cl4N3OS/c1-14-10-24(15(2)9-20(14)27)33(32)29-13-19-12-23(16-3-5-17(25)6-4-16)31(30-19)22-8-7-18(26)11-21(22)28/h3-11,23,29H,12-13H2,1-2H3. The summed E-state index contributed by atoms with van der Waals surface area (Å²) in [6.45, 7) is 4.15. The van der Waals surface area contributed by atoms with E-state index in [0.717, 1.165) is 28.1 Å². The monoisotopic (exact) mass is 539 g/mol. The van der Waals surface area contributed by atoms with Crippen molar-refractivity contribution in [3.05, 3.63) is 91.4 Å². The first-order valence-corrected chi connectivity index (χ1v) is 12.9. The largest absolute Gasteiger partial charge is 0.256 e. The number of halogens is 4. The number of hydrogen-bond donors (Lipinski definition) is 1. The summed E-state index contributed by atoms with van der Waals surface area (Å²) in [6, 6.07) is 16.6. The summed E-state index contributed by atoms with van der Waals surface area (Å²) in [6.07, 6.45) is 0.642. The van der Waals surface area contributed by atoms with E-state index in [2.05, 4.69) is 4.72 Å². The van der Waals surface area contributed by atoms with Crippen LogP contribution in [0.15, 0.2) is 64.6 Å². The van der Waals surface area contributed by atoms with Crippen LogP contribution < -0.4 is 9.73 Å². The van der Waals surface area contributed by atoms with Crippen LogP contribution in [0.3, 0.4) is 0 Å². The minimum atomic E-state index is -1.40. The van der Waals surface area contributed by atoms with Crippen molar-refractivity contribution in [3.8, 4) is 0 Å². The molecular formula is C24H21Cl4N3OS. The number of hydrazone groups is 1. The minimum Gasteiger partial charge on any atom is -0.256 e. The second-order valence-corrected chi connectivity index (χ2v) is 10.8. The van der Waals surface area contributed by atoms with E-state index in [9.17, 15) is 4.21 Å². The first kappa shape index (κ1) is 24.5. The zero-order valence-corrected chi connectivity index (χ0v) is 21.8. The van der Waals surface area contributed by atoms with Gasteiger partial charge < -0.3 is 0 Å². The van der Waals surface area contributed by atoms with Gasteiger partial charge in [0.1, 0.15) is 11.0 Å². The minimum absolute atomic E-state index is 0.0781. The number of aryl methyl sites for hydroxylation is 2. The van der Waals surface area contributed by atoms with E-state index in [-0.39, 0.29) is 6.04 Å². The second-order valence-electron chi connectivity index (χ2n) is 7.83. The molecule has 0 amide bonds. The van der Waals surface area contributed by atoms with Crippen LogP contribution in [0.4, 0.5) is 5.69 Å². The second kappa shape index (κ2) is 10.3. The molecule has 0 bridgehead atoms. The number of rotatable bonds is 6. The third-order valence-electron chi connectivity index (χ3n) is 5.45. The highest BCUT2D eigenvalue weighted by molar-refractivity contribution is 7.83. The van der Waals surface area contributed by atoms with Crippen molar-refractivity contribution in [2.24, 2.45) is 5.10 Å². The van der Waals surface area contributed by atoms with Crippen LogP contribution in [-0.2, 0) is 11.0 Å². The molecule has 0 aromatic heterocycles. The van der Waals surface area contributed by atoms with E-state index in [4.69, 9.17) is 51.5 Å². The molecule has 3 aromatic rings. The van der Waals surface area contributed by atoms with Gasteiger partial charge in [0, 0.05) is 28.0 Å². The van der Waals surface area contributed by atoms with Crippen LogP contribution in [-0.4, -0.2) is 16.5 Å². The Morgan fingerprint density at radius 2 is 1.64 bits per heavy atom. The molecule has 4 nitrogen and oxygen atoms in total. The molecular weight excluding hydrogens is 520 g/mol. The van der Waals surface area contributed by atoms with E-state index in [1.165, 1.54) is 0 Å². The van der Waals surface area contributed by atoms with Gasteiger partial charge in [0.15, 0.2) is 0 Å². The summed E-state index contributed by atoms with van der Waals surface area (Å²) in [5.74, 6) is 0. The molecule has 9 heteroatoms. The average Bonchev–Trinajstić information content (AvgIpc) is 3.19. The summed E-state index contributed by atoms with van der Waals surface area (Å²) in [4.78, 5) is 0.711. The lowest BCUT2D eigenvalue weighted by molar-refractivity contribution is 0.675. The Morgan fingerprint density at radius 3 is 2.33 bits per heavy atom. The molecule has 0 spiro atoms. The lowest BCUT2D eigenvalue weighted by Crippen LogP contribution is -2.25. The van der Waals surface area contributed by atoms with Crippen molar-refractivity contribution in [1.82, 2.24) is 4.72 Å². The lowest BCUT2D eigenvalue weighted by atomic mass is 10.0. The maximum atomic E-state index is 13.0. The fourth-order valence-corrected chi connectivity index (χ4v) is 5.62. The molecule has 0 saturated heterocycles. The normalized spacial score (nSPS) is 16.7. The van der Waals surface area contributed by atoms with Gasteiger partial charge in [0.05, 0.1) is 27.4 Å². The smallest absolute Gasteiger partial charge is 0.125 e. The Kier molecular flexibility index (Phi) is 7.69. The summed E-state index contributed by atoms with van der Waals surface area (Å²) < 4.78 is 16.1. The number of nitrogens with zero attached hydrogens (tertiary/aromatic N) is 2. The first-order valence-electron chi connectivity index (χ1n) is 10.2. The Labute approximate surface area is 216 Å². The van der Waals surface area contributed by atoms with Gasteiger partial charge >= 0.3 is 0 Å². The molecule has 0 radical (unpaired) electrons. The van der Waals surface area contributed by atoms with Gasteiger partial charge in [-0.2, -0.15) is 5.10 Å². The average molecular weight is 541 g/mol. The highest BCUT2D eigenvalue weighted by atomic mass is 35.5. The number of anilines is 1. The molecule has 172 valence electrons. The molecule has 33 heavy (non-hydrogen) atoms. The number of nitrogens with one attached hydrogen (secondary N) is 1. The van der Waals surface area contributed by atoms with Crippen molar-refractivity contribution >= 4 is 68.8 Å². The maximum absolute atomic E-state index is 13.0. The van der Waals surface area contributed by atoms with Crippen molar-refractivity contribution in [2.75, 3.05) is 11.6 Å². The van der Waals surface area contributed by atoms with Crippen LogP contribution >= 0.6 is 46.4 Å². The van der Waals surface area contributed by atoms with Gasteiger partial charge in [-0.15, -0.1) is 0 Å². The summed E-state index contributed by atoms with van der Waals surface area (Å²) in [5.41, 5.74) is 4.42. The Hall–Kier alpha value is -1.60. The fourth-order valence-electron chi connectivity index (χ4n) is 3.69. The van der Waals surface area contributed by atoms with Gasteiger partial charge in [-0.1, -0.05) is 58.5 Å². The quantitative estimate of drug-likeness (QED) is 0.351. The first-order chi connectivity index (χ1) is 15.7. The predicted molar refractivity (Wildman–Crippen MR) is 141 cm³/mol. The topological polar surface area (TPSA) is 44.7 Å². The van der Waals surface area contributed by atoms with E-state index in [1.54, 1.807) is 12.1 Å². The third-order valence-corrected chi connectivity index (χ3v) is 7.89. The zero-order chi connectivity index (χ0) is 23.7. The van der Waals surface area contributed by atoms with Crippen molar-refractivity contribution in [3.63, 3.8) is 0 Å². The Morgan fingerprint density at radius 1 is 0.939 bits per heavy atom. The van der Waals surface area contributed by atoms with Gasteiger partial charge in [-0.05, 0) is 73.0 Å². The van der Waals surface area contributed by atoms with Crippen molar-refractivity contribution in [2.45, 2.75) is 31.2 Å². The molecule has 3 aromatic carbocycles.